The largest absolute Gasteiger partial charge is 0.383 e. The average Bonchev–Trinajstić information content (AvgIpc) is 3.37. The highest BCUT2D eigenvalue weighted by molar-refractivity contribution is 5.85. The fraction of sp³-hybridized carbons (Fsp3) is 0.419. The topological polar surface area (TPSA) is 64.0 Å². The van der Waals surface area contributed by atoms with E-state index in [9.17, 15) is 9.59 Å². The van der Waals surface area contributed by atoms with Crippen LogP contribution in [0.2, 0.25) is 0 Å². The number of ether oxygens (including phenoxy) is 2. The molecule has 1 heterocycles. The Kier molecular flexibility index (Phi) is 11.6. The van der Waals surface area contributed by atoms with E-state index in [1.807, 2.05) is 47.4 Å². The van der Waals surface area contributed by atoms with Crippen LogP contribution in [0.3, 0.4) is 0 Å². The van der Waals surface area contributed by atoms with Crippen molar-refractivity contribution in [2.45, 2.75) is 52.9 Å². The maximum Gasteiger partial charge on any atom is 0.249 e. The van der Waals surface area contributed by atoms with Crippen molar-refractivity contribution in [3.05, 3.63) is 95.3 Å². The van der Waals surface area contributed by atoms with Crippen LogP contribution >= 0.6 is 0 Å². The maximum atomic E-state index is 13.6. The SMILES string of the molecule is CCC(C)N(Cc1cccn1Cc1ccccc1C)C(=O)CN(CCOC)C(=O)COCc1ccccc1. The van der Waals surface area contributed by atoms with Gasteiger partial charge in [0, 0.05) is 38.1 Å². The van der Waals surface area contributed by atoms with Crippen molar-refractivity contribution >= 4 is 11.8 Å². The molecule has 2 amide bonds. The van der Waals surface area contributed by atoms with Gasteiger partial charge in [-0.3, -0.25) is 9.59 Å². The van der Waals surface area contributed by atoms with E-state index in [1.165, 1.54) is 11.1 Å². The number of carbonyl (C=O) groups is 2. The molecule has 204 valence electrons. The molecular formula is C31H41N3O4. The van der Waals surface area contributed by atoms with Crippen LogP contribution in [0.5, 0.6) is 0 Å². The Morgan fingerprint density at radius 1 is 0.974 bits per heavy atom. The van der Waals surface area contributed by atoms with Gasteiger partial charge in [-0.2, -0.15) is 0 Å². The Bertz CT molecular complexity index is 1140. The highest BCUT2D eigenvalue weighted by atomic mass is 16.5. The molecule has 1 atom stereocenters. The van der Waals surface area contributed by atoms with Crippen LogP contribution in [-0.2, 0) is 38.8 Å². The Morgan fingerprint density at radius 2 is 1.71 bits per heavy atom. The number of hydrogen-bond donors (Lipinski definition) is 0. The Morgan fingerprint density at radius 3 is 2.42 bits per heavy atom. The quantitative estimate of drug-likeness (QED) is 0.293. The fourth-order valence-electron chi connectivity index (χ4n) is 4.27. The van der Waals surface area contributed by atoms with Gasteiger partial charge in [-0.15, -0.1) is 0 Å². The van der Waals surface area contributed by atoms with Gasteiger partial charge < -0.3 is 23.8 Å². The Labute approximate surface area is 227 Å². The van der Waals surface area contributed by atoms with Gasteiger partial charge in [0.05, 0.1) is 26.3 Å². The van der Waals surface area contributed by atoms with Crippen molar-refractivity contribution in [2.24, 2.45) is 0 Å². The molecule has 3 rings (SSSR count). The van der Waals surface area contributed by atoms with E-state index in [-0.39, 0.29) is 31.0 Å². The summed E-state index contributed by atoms with van der Waals surface area (Å²) in [7, 11) is 1.59. The lowest BCUT2D eigenvalue weighted by Crippen LogP contribution is -2.47. The van der Waals surface area contributed by atoms with Crippen LogP contribution in [0.15, 0.2) is 72.9 Å². The number of methoxy groups -OCH3 is 1. The zero-order valence-electron chi connectivity index (χ0n) is 23.1. The molecule has 0 aliphatic carbocycles. The molecule has 2 aromatic carbocycles. The molecule has 0 bridgehead atoms. The first-order chi connectivity index (χ1) is 18.4. The molecular weight excluding hydrogens is 478 g/mol. The van der Waals surface area contributed by atoms with E-state index < -0.39 is 0 Å². The summed E-state index contributed by atoms with van der Waals surface area (Å²) in [4.78, 5) is 30.0. The lowest BCUT2D eigenvalue weighted by Gasteiger charge is -2.32. The van der Waals surface area contributed by atoms with Crippen molar-refractivity contribution in [1.29, 1.82) is 0 Å². The molecule has 7 nitrogen and oxygen atoms in total. The second-order valence-corrected chi connectivity index (χ2v) is 9.62. The minimum Gasteiger partial charge on any atom is -0.383 e. The minimum absolute atomic E-state index is 0.0142. The molecule has 0 saturated carbocycles. The first-order valence-corrected chi connectivity index (χ1v) is 13.3. The summed E-state index contributed by atoms with van der Waals surface area (Å²) < 4.78 is 13.1. The maximum absolute atomic E-state index is 13.6. The van der Waals surface area contributed by atoms with Crippen LogP contribution in [0.25, 0.3) is 0 Å². The average molecular weight is 520 g/mol. The number of rotatable bonds is 15. The second-order valence-electron chi connectivity index (χ2n) is 9.62. The molecule has 1 unspecified atom stereocenters. The molecule has 0 spiro atoms. The van der Waals surface area contributed by atoms with Gasteiger partial charge in [-0.1, -0.05) is 61.5 Å². The molecule has 38 heavy (non-hydrogen) atoms. The summed E-state index contributed by atoms with van der Waals surface area (Å²) in [5.41, 5.74) is 4.54. The predicted molar refractivity (Wildman–Crippen MR) is 150 cm³/mol. The number of carbonyl (C=O) groups excluding carboxylic acids is 2. The number of benzene rings is 2. The van der Waals surface area contributed by atoms with Crippen molar-refractivity contribution < 1.29 is 19.1 Å². The van der Waals surface area contributed by atoms with Gasteiger partial charge in [0.2, 0.25) is 11.8 Å². The van der Waals surface area contributed by atoms with E-state index in [0.717, 1.165) is 24.2 Å². The number of aryl methyl sites for hydroxylation is 1. The second kappa shape index (κ2) is 15.1. The standard InChI is InChI=1S/C31H41N3O4/c1-5-26(3)34(21-29-16-11-17-32(29)20-28-15-10-9-12-25(28)2)30(35)22-33(18-19-37-4)31(36)24-38-23-27-13-7-6-8-14-27/h6-17,26H,5,18-24H2,1-4H3. The van der Waals surface area contributed by atoms with Gasteiger partial charge in [-0.25, -0.2) is 0 Å². The molecule has 0 radical (unpaired) electrons. The predicted octanol–water partition coefficient (Wildman–Crippen LogP) is 4.66. The summed E-state index contributed by atoms with van der Waals surface area (Å²) in [5.74, 6) is -0.311. The smallest absolute Gasteiger partial charge is 0.249 e. The summed E-state index contributed by atoms with van der Waals surface area (Å²) in [5, 5.41) is 0. The fourth-order valence-corrected chi connectivity index (χ4v) is 4.27. The highest BCUT2D eigenvalue weighted by Crippen LogP contribution is 2.16. The molecule has 1 aromatic heterocycles. The minimum atomic E-state index is -0.224. The highest BCUT2D eigenvalue weighted by Gasteiger charge is 2.25. The molecule has 3 aromatic rings. The molecule has 0 saturated heterocycles. The molecule has 7 heteroatoms. The number of amides is 2. The number of hydrogen-bond acceptors (Lipinski definition) is 4. The van der Waals surface area contributed by atoms with Gasteiger partial charge in [-0.05, 0) is 49.1 Å². The zero-order chi connectivity index (χ0) is 27.3. The summed E-state index contributed by atoms with van der Waals surface area (Å²) in [6, 6.07) is 22.2. The summed E-state index contributed by atoms with van der Waals surface area (Å²) in [6.07, 6.45) is 2.87. The van der Waals surface area contributed by atoms with Crippen LogP contribution < -0.4 is 0 Å². The van der Waals surface area contributed by atoms with E-state index >= 15 is 0 Å². The molecule has 0 N–H and O–H groups in total. The van der Waals surface area contributed by atoms with E-state index in [2.05, 4.69) is 55.8 Å². The van der Waals surface area contributed by atoms with Crippen molar-refractivity contribution in [2.75, 3.05) is 33.4 Å². The third-order valence-electron chi connectivity index (χ3n) is 6.88. The third-order valence-corrected chi connectivity index (χ3v) is 6.88. The first-order valence-electron chi connectivity index (χ1n) is 13.3. The van der Waals surface area contributed by atoms with E-state index in [0.29, 0.717) is 26.3 Å². The van der Waals surface area contributed by atoms with Crippen LogP contribution in [0, 0.1) is 6.92 Å². The van der Waals surface area contributed by atoms with Gasteiger partial charge in [0.1, 0.15) is 6.61 Å². The van der Waals surface area contributed by atoms with Crippen molar-refractivity contribution in [3.8, 4) is 0 Å². The normalized spacial score (nSPS) is 11.8. The van der Waals surface area contributed by atoms with Gasteiger partial charge in [0.15, 0.2) is 0 Å². The summed E-state index contributed by atoms with van der Waals surface area (Å²) in [6.45, 7) is 8.37. The first kappa shape index (κ1) is 29.1. The monoisotopic (exact) mass is 519 g/mol. The van der Waals surface area contributed by atoms with E-state index in [4.69, 9.17) is 9.47 Å². The summed E-state index contributed by atoms with van der Waals surface area (Å²) >= 11 is 0. The van der Waals surface area contributed by atoms with Crippen LogP contribution in [-0.4, -0.2) is 65.6 Å². The Balaban J connectivity index is 1.68. The third kappa shape index (κ3) is 8.57. The van der Waals surface area contributed by atoms with Gasteiger partial charge in [0.25, 0.3) is 0 Å². The molecule has 0 aliphatic rings. The van der Waals surface area contributed by atoms with Gasteiger partial charge >= 0.3 is 0 Å². The Hall–Kier alpha value is -3.42. The lowest BCUT2D eigenvalue weighted by atomic mass is 10.1. The van der Waals surface area contributed by atoms with Crippen molar-refractivity contribution in [1.82, 2.24) is 14.4 Å². The number of aromatic nitrogens is 1. The lowest BCUT2D eigenvalue weighted by molar-refractivity contribution is -0.145. The van der Waals surface area contributed by atoms with Crippen LogP contribution in [0.1, 0.15) is 42.7 Å². The number of nitrogens with zero attached hydrogens (tertiary/aromatic N) is 3. The van der Waals surface area contributed by atoms with E-state index in [1.54, 1.807) is 12.0 Å². The molecule has 0 aliphatic heterocycles. The molecule has 0 fully saturated rings. The van der Waals surface area contributed by atoms with Crippen LogP contribution in [0.4, 0.5) is 0 Å². The van der Waals surface area contributed by atoms with Crippen molar-refractivity contribution in [3.63, 3.8) is 0 Å². The zero-order valence-corrected chi connectivity index (χ0v) is 23.1.